The molecule has 0 unspecified atom stereocenters. The van der Waals surface area contributed by atoms with Crippen LogP contribution >= 0.6 is 0 Å². The molecule has 1 saturated carbocycles. The fraction of sp³-hybridized carbons (Fsp3) is 0.471. The van der Waals surface area contributed by atoms with E-state index in [0.717, 1.165) is 43.1 Å². The zero-order chi connectivity index (χ0) is 18.8. The summed E-state index contributed by atoms with van der Waals surface area (Å²) < 4.78 is 39.7. The van der Waals surface area contributed by atoms with Crippen molar-refractivity contribution in [3.05, 3.63) is 29.6 Å². The predicted octanol–water partition coefficient (Wildman–Crippen LogP) is 2.54. The summed E-state index contributed by atoms with van der Waals surface area (Å²) in [6, 6.07) is 0.186. The molecule has 26 heavy (non-hydrogen) atoms. The molecule has 4 amide bonds. The van der Waals surface area contributed by atoms with E-state index in [1.54, 1.807) is 0 Å². The highest BCUT2D eigenvalue weighted by Crippen LogP contribution is 2.29. The first kappa shape index (κ1) is 18.2. The molecule has 0 spiro atoms. The lowest BCUT2D eigenvalue weighted by molar-refractivity contribution is -0.131. The Morgan fingerprint density at radius 2 is 1.81 bits per heavy atom. The number of carbonyl (C=O) groups is 3. The van der Waals surface area contributed by atoms with Crippen LogP contribution in [0.5, 0.6) is 0 Å². The van der Waals surface area contributed by atoms with Crippen LogP contribution in [0, 0.1) is 23.4 Å². The van der Waals surface area contributed by atoms with E-state index in [-0.39, 0.29) is 5.92 Å². The molecule has 0 radical (unpaired) electrons. The monoisotopic (exact) mass is 369 g/mol. The van der Waals surface area contributed by atoms with Gasteiger partial charge in [0.2, 0.25) is 5.91 Å². The largest absolute Gasteiger partial charge is 0.326 e. The third kappa shape index (κ3) is 3.51. The normalized spacial score (nSPS) is 21.0. The number of anilines is 1. The van der Waals surface area contributed by atoms with Crippen molar-refractivity contribution in [3.8, 4) is 0 Å². The minimum Gasteiger partial charge on any atom is -0.326 e. The Morgan fingerprint density at radius 3 is 2.50 bits per heavy atom. The number of hydrogen-bond donors (Lipinski definition) is 2. The smallest absolute Gasteiger partial charge is 0.325 e. The Hall–Kier alpha value is -2.58. The molecule has 1 aliphatic carbocycles. The second-order valence-corrected chi connectivity index (χ2v) is 6.52. The van der Waals surface area contributed by atoms with Crippen LogP contribution in [0.4, 0.5) is 23.7 Å². The molecular formula is C17H18F3N3O3. The van der Waals surface area contributed by atoms with Gasteiger partial charge < -0.3 is 10.6 Å². The van der Waals surface area contributed by atoms with Crippen LogP contribution in [0.3, 0.4) is 0 Å². The van der Waals surface area contributed by atoms with Crippen molar-refractivity contribution >= 4 is 23.5 Å². The first-order valence-electron chi connectivity index (χ1n) is 8.43. The number of amides is 4. The summed E-state index contributed by atoms with van der Waals surface area (Å²) in [5.41, 5.74) is -0.565. The van der Waals surface area contributed by atoms with Gasteiger partial charge in [-0.05, 0) is 30.9 Å². The highest BCUT2D eigenvalue weighted by atomic mass is 19.2. The number of nitrogens with one attached hydrogen (secondary N) is 2. The van der Waals surface area contributed by atoms with Crippen LogP contribution in [0.2, 0.25) is 0 Å². The topological polar surface area (TPSA) is 78.5 Å². The van der Waals surface area contributed by atoms with Crippen LogP contribution in [-0.2, 0) is 9.59 Å². The van der Waals surface area contributed by atoms with Gasteiger partial charge in [0.05, 0.1) is 5.69 Å². The standard InChI is InChI=1S/C17H18F3N3O3/c18-10-6-7-11(14(20)13(10)19)21-12(24)8-23-16(25)15(22-17(23)26)9-4-2-1-3-5-9/h6-7,9,15H,1-5,8H2,(H,21,24)(H,22,26)/t15-/m1/s1. The highest BCUT2D eigenvalue weighted by Gasteiger charge is 2.43. The molecule has 140 valence electrons. The highest BCUT2D eigenvalue weighted by molar-refractivity contribution is 6.08. The molecular weight excluding hydrogens is 351 g/mol. The molecule has 2 fully saturated rings. The van der Waals surface area contributed by atoms with Crippen molar-refractivity contribution in [2.24, 2.45) is 5.92 Å². The van der Waals surface area contributed by atoms with Crippen molar-refractivity contribution < 1.29 is 27.6 Å². The molecule has 3 rings (SSSR count). The number of rotatable bonds is 4. The van der Waals surface area contributed by atoms with Crippen molar-refractivity contribution in [2.75, 3.05) is 11.9 Å². The number of carbonyl (C=O) groups excluding carboxylic acids is 3. The molecule has 9 heteroatoms. The van der Waals surface area contributed by atoms with E-state index >= 15 is 0 Å². The summed E-state index contributed by atoms with van der Waals surface area (Å²) >= 11 is 0. The molecule has 6 nitrogen and oxygen atoms in total. The van der Waals surface area contributed by atoms with E-state index in [0.29, 0.717) is 6.07 Å². The van der Waals surface area contributed by atoms with Crippen LogP contribution in [0.1, 0.15) is 32.1 Å². The summed E-state index contributed by atoms with van der Waals surface area (Å²) in [5.74, 6) is -5.99. The van der Waals surface area contributed by atoms with Gasteiger partial charge in [0.15, 0.2) is 17.5 Å². The van der Waals surface area contributed by atoms with Crippen LogP contribution < -0.4 is 10.6 Å². The molecule has 1 aliphatic heterocycles. The molecule has 2 aliphatic rings. The lowest BCUT2D eigenvalue weighted by atomic mass is 9.84. The molecule has 0 aromatic heterocycles. The average molecular weight is 369 g/mol. The fourth-order valence-corrected chi connectivity index (χ4v) is 3.43. The van der Waals surface area contributed by atoms with Gasteiger partial charge in [-0.2, -0.15) is 0 Å². The molecule has 2 N–H and O–H groups in total. The average Bonchev–Trinajstić information content (AvgIpc) is 2.91. The molecule has 0 bridgehead atoms. The van der Waals surface area contributed by atoms with E-state index in [1.165, 1.54) is 0 Å². The lowest BCUT2D eigenvalue weighted by Gasteiger charge is -2.25. The van der Waals surface area contributed by atoms with E-state index < -0.39 is 53.6 Å². The van der Waals surface area contributed by atoms with Crippen LogP contribution in [-0.4, -0.2) is 35.3 Å². The van der Waals surface area contributed by atoms with Crippen molar-refractivity contribution in [1.82, 2.24) is 10.2 Å². The van der Waals surface area contributed by atoms with Gasteiger partial charge in [-0.1, -0.05) is 19.3 Å². The van der Waals surface area contributed by atoms with E-state index in [2.05, 4.69) is 5.32 Å². The number of urea groups is 1. The van der Waals surface area contributed by atoms with Gasteiger partial charge in [-0.25, -0.2) is 18.0 Å². The van der Waals surface area contributed by atoms with E-state index in [4.69, 9.17) is 0 Å². The number of nitrogens with zero attached hydrogens (tertiary/aromatic N) is 1. The summed E-state index contributed by atoms with van der Waals surface area (Å²) in [4.78, 5) is 37.2. The second-order valence-electron chi connectivity index (χ2n) is 6.52. The first-order valence-corrected chi connectivity index (χ1v) is 8.43. The molecule has 1 atom stereocenters. The summed E-state index contributed by atoms with van der Waals surface area (Å²) in [6.45, 7) is -0.633. The number of imide groups is 1. The van der Waals surface area contributed by atoms with Gasteiger partial charge in [0, 0.05) is 0 Å². The van der Waals surface area contributed by atoms with E-state index in [1.807, 2.05) is 5.32 Å². The van der Waals surface area contributed by atoms with Crippen molar-refractivity contribution in [3.63, 3.8) is 0 Å². The van der Waals surface area contributed by atoms with Crippen LogP contribution in [0.15, 0.2) is 12.1 Å². The van der Waals surface area contributed by atoms with Gasteiger partial charge in [-0.15, -0.1) is 0 Å². The molecule has 1 saturated heterocycles. The Bertz CT molecular complexity index is 750. The maximum Gasteiger partial charge on any atom is 0.325 e. The third-order valence-electron chi connectivity index (χ3n) is 4.79. The minimum atomic E-state index is -1.71. The molecule has 1 heterocycles. The Morgan fingerprint density at radius 1 is 1.12 bits per heavy atom. The number of benzene rings is 1. The van der Waals surface area contributed by atoms with Gasteiger partial charge in [0.25, 0.3) is 5.91 Å². The Kier molecular flexibility index (Phi) is 5.15. The maximum absolute atomic E-state index is 13.6. The number of hydrogen-bond acceptors (Lipinski definition) is 3. The predicted molar refractivity (Wildman–Crippen MR) is 85.6 cm³/mol. The summed E-state index contributed by atoms with van der Waals surface area (Å²) in [6.07, 6.45) is 4.73. The van der Waals surface area contributed by atoms with Crippen LogP contribution in [0.25, 0.3) is 0 Å². The lowest BCUT2D eigenvalue weighted by Crippen LogP contribution is -2.40. The minimum absolute atomic E-state index is 0.0388. The third-order valence-corrected chi connectivity index (χ3v) is 4.79. The van der Waals surface area contributed by atoms with Gasteiger partial charge in [-0.3, -0.25) is 14.5 Å². The summed E-state index contributed by atoms with van der Waals surface area (Å²) in [5, 5.41) is 4.64. The molecule has 1 aromatic carbocycles. The second kappa shape index (κ2) is 7.35. The quantitative estimate of drug-likeness (QED) is 0.632. The fourth-order valence-electron chi connectivity index (χ4n) is 3.43. The molecule has 1 aromatic rings. The van der Waals surface area contributed by atoms with Gasteiger partial charge in [0.1, 0.15) is 12.6 Å². The van der Waals surface area contributed by atoms with Crippen molar-refractivity contribution in [2.45, 2.75) is 38.1 Å². The Balaban J connectivity index is 1.64. The number of halogens is 3. The first-order chi connectivity index (χ1) is 12.4. The van der Waals surface area contributed by atoms with Crippen molar-refractivity contribution in [1.29, 1.82) is 0 Å². The maximum atomic E-state index is 13.6. The van der Waals surface area contributed by atoms with Gasteiger partial charge >= 0.3 is 6.03 Å². The zero-order valence-corrected chi connectivity index (χ0v) is 13.9. The zero-order valence-electron chi connectivity index (χ0n) is 13.9. The summed E-state index contributed by atoms with van der Waals surface area (Å²) in [7, 11) is 0. The SMILES string of the molecule is O=C(CN1C(=O)N[C@H](C2CCCCC2)C1=O)Nc1ccc(F)c(F)c1F. The van der Waals surface area contributed by atoms with E-state index in [9.17, 15) is 27.6 Å². The Labute approximate surface area is 147 Å².